The van der Waals surface area contributed by atoms with Gasteiger partial charge in [-0.2, -0.15) is 0 Å². The van der Waals surface area contributed by atoms with E-state index in [2.05, 4.69) is 5.32 Å². The molecule has 0 bridgehead atoms. The zero-order valence-electron chi connectivity index (χ0n) is 12.1. The van der Waals surface area contributed by atoms with Gasteiger partial charge in [0, 0.05) is 32.5 Å². The molecule has 0 saturated carbocycles. The summed E-state index contributed by atoms with van der Waals surface area (Å²) >= 11 is 0. The lowest BCUT2D eigenvalue weighted by Gasteiger charge is -2.30. The number of ether oxygens (including phenoxy) is 1. The number of hydrogen-bond donors (Lipinski definition) is 1. The van der Waals surface area contributed by atoms with Crippen molar-refractivity contribution >= 4 is 11.9 Å². The SMILES string of the molecule is CCOC(=O)CCCCCNC1CCC(=O)N(C)C1. The van der Waals surface area contributed by atoms with Crippen molar-refractivity contribution in [3.8, 4) is 0 Å². The number of piperidine rings is 1. The minimum Gasteiger partial charge on any atom is -0.466 e. The number of amides is 1. The molecule has 110 valence electrons. The lowest BCUT2D eigenvalue weighted by Crippen LogP contribution is -2.46. The van der Waals surface area contributed by atoms with Crippen LogP contribution in [-0.2, 0) is 14.3 Å². The molecule has 0 aromatic rings. The Labute approximate surface area is 115 Å². The van der Waals surface area contributed by atoms with Crippen LogP contribution in [0, 0.1) is 0 Å². The molecule has 1 amide bonds. The second-order valence-corrected chi connectivity index (χ2v) is 5.08. The Morgan fingerprint density at radius 3 is 2.89 bits per heavy atom. The molecule has 1 heterocycles. The fourth-order valence-electron chi connectivity index (χ4n) is 2.29. The van der Waals surface area contributed by atoms with E-state index in [0.29, 0.717) is 25.5 Å². The first-order valence-electron chi connectivity index (χ1n) is 7.26. The summed E-state index contributed by atoms with van der Waals surface area (Å²) < 4.78 is 4.87. The van der Waals surface area contributed by atoms with Crippen molar-refractivity contribution in [3.05, 3.63) is 0 Å². The van der Waals surface area contributed by atoms with Crippen molar-refractivity contribution in [2.45, 2.75) is 51.5 Å². The van der Waals surface area contributed by atoms with E-state index in [0.717, 1.165) is 38.8 Å². The number of esters is 1. The molecule has 1 aliphatic heterocycles. The minimum atomic E-state index is -0.0946. The van der Waals surface area contributed by atoms with E-state index in [1.54, 1.807) is 4.90 Å². The topological polar surface area (TPSA) is 58.6 Å². The number of nitrogens with zero attached hydrogens (tertiary/aromatic N) is 1. The highest BCUT2D eigenvalue weighted by atomic mass is 16.5. The smallest absolute Gasteiger partial charge is 0.305 e. The van der Waals surface area contributed by atoms with Crippen molar-refractivity contribution in [1.29, 1.82) is 0 Å². The minimum absolute atomic E-state index is 0.0946. The highest BCUT2D eigenvalue weighted by Gasteiger charge is 2.21. The van der Waals surface area contributed by atoms with E-state index < -0.39 is 0 Å². The first kappa shape index (κ1) is 16.0. The van der Waals surface area contributed by atoms with E-state index in [1.165, 1.54) is 0 Å². The van der Waals surface area contributed by atoms with Crippen LogP contribution in [-0.4, -0.2) is 49.6 Å². The van der Waals surface area contributed by atoms with Gasteiger partial charge in [0.2, 0.25) is 5.91 Å². The van der Waals surface area contributed by atoms with Gasteiger partial charge in [-0.25, -0.2) is 0 Å². The van der Waals surface area contributed by atoms with Gasteiger partial charge in [-0.3, -0.25) is 9.59 Å². The number of carbonyl (C=O) groups excluding carboxylic acids is 2. The predicted molar refractivity (Wildman–Crippen MR) is 73.8 cm³/mol. The molecular weight excluding hydrogens is 244 g/mol. The lowest BCUT2D eigenvalue weighted by atomic mass is 10.1. The van der Waals surface area contributed by atoms with Crippen LogP contribution in [0.2, 0.25) is 0 Å². The lowest BCUT2D eigenvalue weighted by molar-refractivity contribution is -0.143. The van der Waals surface area contributed by atoms with E-state index >= 15 is 0 Å². The summed E-state index contributed by atoms with van der Waals surface area (Å²) in [6, 6.07) is 0.424. The number of likely N-dealkylation sites (N-methyl/N-ethyl adjacent to an activating group) is 1. The van der Waals surface area contributed by atoms with Crippen LogP contribution in [0.25, 0.3) is 0 Å². The molecule has 0 aliphatic carbocycles. The number of rotatable bonds is 8. The molecule has 1 fully saturated rings. The number of nitrogens with one attached hydrogen (secondary N) is 1. The van der Waals surface area contributed by atoms with Crippen LogP contribution < -0.4 is 5.32 Å². The summed E-state index contributed by atoms with van der Waals surface area (Å²) in [7, 11) is 1.86. The van der Waals surface area contributed by atoms with Gasteiger partial charge in [-0.05, 0) is 32.7 Å². The Balaban J connectivity index is 1.96. The van der Waals surface area contributed by atoms with E-state index in [1.807, 2.05) is 14.0 Å². The Hall–Kier alpha value is -1.10. The molecule has 1 unspecified atom stereocenters. The van der Waals surface area contributed by atoms with Crippen LogP contribution in [0.1, 0.15) is 45.4 Å². The molecule has 0 radical (unpaired) electrons. The maximum Gasteiger partial charge on any atom is 0.305 e. The molecule has 1 aliphatic rings. The first-order valence-corrected chi connectivity index (χ1v) is 7.26. The Bertz CT molecular complexity index is 294. The van der Waals surface area contributed by atoms with Crippen LogP contribution in [0.4, 0.5) is 0 Å². The standard InChI is InChI=1S/C14H26N2O3/c1-3-19-14(18)7-5-4-6-10-15-12-8-9-13(17)16(2)11-12/h12,15H,3-11H2,1-2H3. The number of unbranched alkanes of at least 4 members (excludes halogenated alkanes) is 2. The van der Waals surface area contributed by atoms with Gasteiger partial charge in [0.15, 0.2) is 0 Å². The van der Waals surface area contributed by atoms with Crippen LogP contribution in [0.3, 0.4) is 0 Å². The van der Waals surface area contributed by atoms with Crippen LogP contribution >= 0.6 is 0 Å². The molecule has 1 saturated heterocycles. The zero-order chi connectivity index (χ0) is 14.1. The number of hydrogen-bond acceptors (Lipinski definition) is 4. The van der Waals surface area contributed by atoms with Crippen molar-refractivity contribution < 1.29 is 14.3 Å². The molecule has 1 atom stereocenters. The third kappa shape index (κ3) is 6.57. The highest BCUT2D eigenvalue weighted by Crippen LogP contribution is 2.09. The number of likely N-dealkylation sites (tertiary alicyclic amines) is 1. The van der Waals surface area contributed by atoms with Crippen molar-refractivity contribution in [3.63, 3.8) is 0 Å². The van der Waals surface area contributed by atoms with Gasteiger partial charge < -0.3 is 15.0 Å². The van der Waals surface area contributed by atoms with Crippen molar-refractivity contribution in [2.75, 3.05) is 26.7 Å². The molecule has 0 spiro atoms. The zero-order valence-corrected chi connectivity index (χ0v) is 12.1. The Kier molecular flexibility index (Phi) is 7.48. The largest absolute Gasteiger partial charge is 0.466 e. The molecular formula is C14H26N2O3. The Morgan fingerprint density at radius 1 is 1.42 bits per heavy atom. The first-order chi connectivity index (χ1) is 9.13. The average molecular weight is 270 g/mol. The van der Waals surface area contributed by atoms with Gasteiger partial charge in [0.1, 0.15) is 0 Å². The van der Waals surface area contributed by atoms with E-state index in [4.69, 9.17) is 4.74 Å². The molecule has 5 nitrogen and oxygen atoms in total. The second-order valence-electron chi connectivity index (χ2n) is 5.08. The van der Waals surface area contributed by atoms with Crippen molar-refractivity contribution in [2.24, 2.45) is 0 Å². The van der Waals surface area contributed by atoms with Crippen molar-refractivity contribution in [1.82, 2.24) is 10.2 Å². The number of carbonyl (C=O) groups is 2. The van der Waals surface area contributed by atoms with Gasteiger partial charge in [0.05, 0.1) is 6.61 Å². The summed E-state index contributed by atoms with van der Waals surface area (Å²) in [5, 5.41) is 3.48. The molecule has 19 heavy (non-hydrogen) atoms. The summed E-state index contributed by atoms with van der Waals surface area (Å²) in [5.41, 5.74) is 0. The second kappa shape index (κ2) is 8.91. The van der Waals surface area contributed by atoms with Gasteiger partial charge in [-0.15, -0.1) is 0 Å². The monoisotopic (exact) mass is 270 g/mol. The third-order valence-corrected chi connectivity index (χ3v) is 3.42. The van der Waals surface area contributed by atoms with E-state index in [-0.39, 0.29) is 11.9 Å². The molecule has 0 aromatic carbocycles. The summed E-state index contributed by atoms with van der Waals surface area (Å²) in [4.78, 5) is 24.2. The average Bonchev–Trinajstić information content (AvgIpc) is 2.38. The fraction of sp³-hybridized carbons (Fsp3) is 0.857. The summed E-state index contributed by atoms with van der Waals surface area (Å²) in [6.07, 6.45) is 5.10. The maximum absolute atomic E-state index is 11.3. The predicted octanol–water partition coefficient (Wildman–Crippen LogP) is 1.32. The molecule has 5 heteroatoms. The van der Waals surface area contributed by atoms with Gasteiger partial charge >= 0.3 is 5.97 Å². The summed E-state index contributed by atoms with van der Waals surface area (Å²) in [5.74, 6) is 0.148. The third-order valence-electron chi connectivity index (χ3n) is 3.42. The highest BCUT2D eigenvalue weighted by molar-refractivity contribution is 5.76. The van der Waals surface area contributed by atoms with Crippen LogP contribution in [0.15, 0.2) is 0 Å². The maximum atomic E-state index is 11.3. The van der Waals surface area contributed by atoms with E-state index in [9.17, 15) is 9.59 Å². The summed E-state index contributed by atoms with van der Waals surface area (Å²) in [6.45, 7) is 4.05. The van der Waals surface area contributed by atoms with Crippen LogP contribution in [0.5, 0.6) is 0 Å². The molecule has 1 rings (SSSR count). The van der Waals surface area contributed by atoms with Gasteiger partial charge in [-0.1, -0.05) is 6.42 Å². The Morgan fingerprint density at radius 2 is 2.21 bits per heavy atom. The normalized spacial score (nSPS) is 19.6. The molecule has 0 aromatic heterocycles. The van der Waals surface area contributed by atoms with Gasteiger partial charge in [0.25, 0.3) is 0 Å². The molecule has 1 N–H and O–H groups in total. The fourth-order valence-corrected chi connectivity index (χ4v) is 2.29. The quantitative estimate of drug-likeness (QED) is 0.534.